The minimum Gasteiger partial charge on any atom is -0.396 e. The predicted octanol–water partition coefficient (Wildman–Crippen LogP) is 4.27. The summed E-state index contributed by atoms with van der Waals surface area (Å²) in [5, 5.41) is 0.694. The van der Waals surface area contributed by atoms with Gasteiger partial charge >= 0.3 is 0 Å². The number of fused-ring (bicyclic) bond motifs is 1. The lowest BCUT2D eigenvalue weighted by Crippen LogP contribution is -1.94. The fourth-order valence-corrected chi connectivity index (χ4v) is 2.64. The molecular formula is C14H10Cl2FN3. The van der Waals surface area contributed by atoms with E-state index < -0.39 is 0 Å². The van der Waals surface area contributed by atoms with Gasteiger partial charge in [0.15, 0.2) is 5.82 Å². The van der Waals surface area contributed by atoms with Crippen LogP contribution < -0.4 is 5.73 Å². The first-order chi connectivity index (χ1) is 9.49. The van der Waals surface area contributed by atoms with Gasteiger partial charge in [-0.25, -0.2) is 9.37 Å². The van der Waals surface area contributed by atoms with Gasteiger partial charge < -0.3 is 10.3 Å². The van der Waals surface area contributed by atoms with Gasteiger partial charge in [0.05, 0.1) is 21.2 Å². The van der Waals surface area contributed by atoms with Crippen LogP contribution in [0.2, 0.25) is 10.0 Å². The van der Waals surface area contributed by atoms with Crippen LogP contribution in [0.5, 0.6) is 0 Å². The van der Waals surface area contributed by atoms with Gasteiger partial charge in [-0.2, -0.15) is 0 Å². The monoisotopic (exact) mass is 309 g/mol. The number of hydrogen-bond acceptors (Lipinski definition) is 2. The fraction of sp³-hybridized carbons (Fsp3) is 0.0714. The summed E-state index contributed by atoms with van der Waals surface area (Å²) in [6.45, 7) is 0. The van der Waals surface area contributed by atoms with Crippen LogP contribution in [0.25, 0.3) is 22.4 Å². The Morgan fingerprint density at radius 1 is 1.20 bits per heavy atom. The summed E-state index contributed by atoms with van der Waals surface area (Å²) in [5.41, 5.74) is 7.74. The number of aryl methyl sites for hydroxylation is 1. The first-order valence-corrected chi connectivity index (χ1v) is 6.60. The van der Waals surface area contributed by atoms with Crippen molar-refractivity contribution in [2.45, 2.75) is 0 Å². The van der Waals surface area contributed by atoms with Crippen molar-refractivity contribution in [3.8, 4) is 11.4 Å². The van der Waals surface area contributed by atoms with Crippen LogP contribution in [0, 0.1) is 5.82 Å². The number of rotatable bonds is 1. The molecule has 0 amide bonds. The van der Waals surface area contributed by atoms with E-state index in [1.807, 2.05) is 7.05 Å². The Bertz CT molecular complexity index is 804. The van der Waals surface area contributed by atoms with Crippen LogP contribution in [-0.4, -0.2) is 9.55 Å². The van der Waals surface area contributed by atoms with Crippen LogP contribution >= 0.6 is 23.2 Å². The number of nitrogens with two attached hydrogens (primary N) is 1. The Kier molecular flexibility index (Phi) is 3.07. The van der Waals surface area contributed by atoms with Gasteiger partial charge in [0, 0.05) is 12.6 Å². The van der Waals surface area contributed by atoms with E-state index in [0.717, 1.165) is 0 Å². The number of nitrogens with zero attached hydrogens (tertiary/aromatic N) is 2. The van der Waals surface area contributed by atoms with Gasteiger partial charge in [-0.1, -0.05) is 29.3 Å². The molecule has 2 N–H and O–H groups in total. The molecule has 0 bridgehead atoms. The topological polar surface area (TPSA) is 43.8 Å². The highest BCUT2D eigenvalue weighted by Crippen LogP contribution is 2.34. The highest BCUT2D eigenvalue weighted by atomic mass is 35.5. The Balaban J connectivity index is 2.30. The van der Waals surface area contributed by atoms with E-state index >= 15 is 0 Å². The van der Waals surface area contributed by atoms with E-state index in [9.17, 15) is 4.39 Å². The van der Waals surface area contributed by atoms with Crippen molar-refractivity contribution < 1.29 is 4.39 Å². The third-order valence-corrected chi connectivity index (χ3v) is 3.82. The molecule has 3 nitrogen and oxygen atoms in total. The molecule has 0 aliphatic rings. The van der Waals surface area contributed by atoms with Gasteiger partial charge in [0.2, 0.25) is 0 Å². The number of halogens is 3. The summed E-state index contributed by atoms with van der Waals surface area (Å²) in [6.07, 6.45) is 0. The molecule has 1 aromatic heterocycles. The largest absolute Gasteiger partial charge is 0.396 e. The first-order valence-electron chi connectivity index (χ1n) is 5.85. The lowest BCUT2D eigenvalue weighted by Gasteiger charge is -2.06. The second-order valence-corrected chi connectivity index (χ2v) is 5.27. The summed E-state index contributed by atoms with van der Waals surface area (Å²) >= 11 is 12.1. The van der Waals surface area contributed by atoms with Gasteiger partial charge in [-0.3, -0.25) is 0 Å². The molecule has 0 aliphatic carbocycles. The smallest absolute Gasteiger partial charge is 0.151 e. The maximum atomic E-state index is 13.8. The van der Waals surface area contributed by atoms with Crippen LogP contribution in [-0.2, 0) is 7.05 Å². The molecule has 1 heterocycles. The van der Waals surface area contributed by atoms with Crippen molar-refractivity contribution in [3.63, 3.8) is 0 Å². The molecule has 0 saturated heterocycles. The lowest BCUT2D eigenvalue weighted by atomic mass is 10.2. The van der Waals surface area contributed by atoms with Crippen LogP contribution in [0.3, 0.4) is 0 Å². The molecule has 0 aliphatic heterocycles. The van der Waals surface area contributed by atoms with Gasteiger partial charge in [0.1, 0.15) is 11.3 Å². The number of anilines is 1. The number of nitrogen functional groups attached to an aromatic ring is 1. The molecule has 102 valence electrons. The third-order valence-electron chi connectivity index (χ3n) is 3.20. The number of hydrogen-bond donors (Lipinski definition) is 1. The zero-order valence-corrected chi connectivity index (χ0v) is 12.0. The summed E-state index contributed by atoms with van der Waals surface area (Å²) in [7, 11) is 1.81. The van der Waals surface area contributed by atoms with E-state index in [4.69, 9.17) is 28.9 Å². The summed E-state index contributed by atoms with van der Waals surface area (Å²) in [4.78, 5) is 4.32. The van der Waals surface area contributed by atoms with E-state index in [2.05, 4.69) is 4.98 Å². The summed E-state index contributed by atoms with van der Waals surface area (Å²) in [6, 6.07) is 8.16. The minimum atomic E-state index is -0.364. The van der Waals surface area contributed by atoms with Crippen molar-refractivity contribution in [2.75, 3.05) is 5.73 Å². The molecule has 0 saturated carbocycles. The molecule has 0 atom stereocenters. The normalized spacial score (nSPS) is 11.2. The van der Waals surface area contributed by atoms with Crippen molar-refractivity contribution in [2.24, 2.45) is 7.05 Å². The molecule has 20 heavy (non-hydrogen) atoms. The molecule has 0 radical (unpaired) electrons. The van der Waals surface area contributed by atoms with Crippen molar-refractivity contribution in [1.82, 2.24) is 9.55 Å². The van der Waals surface area contributed by atoms with E-state index in [1.165, 1.54) is 6.07 Å². The predicted molar refractivity (Wildman–Crippen MR) is 80.5 cm³/mol. The average molecular weight is 310 g/mol. The van der Waals surface area contributed by atoms with Crippen molar-refractivity contribution in [1.29, 1.82) is 0 Å². The molecule has 3 aromatic rings. The van der Waals surface area contributed by atoms with Crippen LogP contribution in [0.4, 0.5) is 10.1 Å². The van der Waals surface area contributed by atoms with Crippen LogP contribution in [0.15, 0.2) is 30.3 Å². The number of para-hydroxylation sites is 1. The van der Waals surface area contributed by atoms with Crippen LogP contribution in [0.1, 0.15) is 0 Å². The zero-order valence-electron chi connectivity index (χ0n) is 10.5. The standard InChI is InChI=1S/C14H10Cl2FN3/c1-20-11-4-2-3-10(17)13(11)19-14(20)7-5-8(15)12(18)9(16)6-7/h2-6H,18H2,1H3. The fourth-order valence-electron chi connectivity index (χ4n) is 2.15. The summed E-state index contributed by atoms with van der Waals surface area (Å²) < 4.78 is 15.6. The second kappa shape index (κ2) is 4.65. The van der Waals surface area contributed by atoms with E-state index in [1.54, 1.807) is 28.8 Å². The SMILES string of the molecule is Cn1c(-c2cc(Cl)c(N)c(Cl)c2)nc2c(F)cccc21. The Morgan fingerprint density at radius 2 is 1.85 bits per heavy atom. The minimum absolute atomic E-state index is 0.314. The Hall–Kier alpha value is -1.78. The quantitative estimate of drug-likeness (QED) is 0.682. The van der Waals surface area contributed by atoms with Gasteiger partial charge in [-0.05, 0) is 24.3 Å². The highest BCUT2D eigenvalue weighted by Gasteiger charge is 2.15. The molecule has 2 aromatic carbocycles. The zero-order chi connectivity index (χ0) is 14.4. The van der Waals surface area contributed by atoms with Gasteiger partial charge in [0.25, 0.3) is 0 Å². The molecule has 3 rings (SSSR count). The maximum Gasteiger partial charge on any atom is 0.151 e. The van der Waals surface area contributed by atoms with E-state index in [0.29, 0.717) is 38.2 Å². The molecule has 0 spiro atoms. The molecule has 0 unspecified atom stereocenters. The summed E-state index contributed by atoms with van der Waals surface area (Å²) in [5.74, 6) is 0.214. The van der Waals surface area contributed by atoms with Crippen molar-refractivity contribution in [3.05, 3.63) is 46.2 Å². The molecular weight excluding hydrogens is 300 g/mol. The maximum absolute atomic E-state index is 13.8. The Labute approximate surface area is 124 Å². The Morgan fingerprint density at radius 3 is 2.45 bits per heavy atom. The second-order valence-electron chi connectivity index (χ2n) is 4.46. The number of aromatic nitrogens is 2. The third kappa shape index (κ3) is 1.92. The van der Waals surface area contributed by atoms with Gasteiger partial charge in [-0.15, -0.1) is 0 Å². The van der Waals surface area contributed by atoms with Crippen molar-refractivity contribution >= 4 is 39.9 Å². The average Bonchev–Trinajstić information content (AvgIpc) is 2.75. The number of benzene rings is 2. The molecule has 0 fully saturated rings. The number of imidazole rings is 1. The lowest BCUT2D eigenvalue weighted by molar-refractivity contribution is 0.637. The first kappa shape index (κ1) is 13.2. The highest BCUT2D eigenvalue weighted by molar-refractivity contribution is 6.39. The van der Waals surface area contributed by atoms with E-state index in [-0.39, 0.29) is 5.82 Å². The molecule has 6 heteroatoms.